The van der Waals surface area contributed by atoms with Gasteiger partial charge < -0.3 is 10.2 Å². The number of hydrogen-bond donors (Lipinski definition) is 2. The van der Waals surface area contributed by atoms with Gasteiger partial charge in [-0.15, -0.1) is 0 Å². The zero-order valence-electron chi connectivity index (χ0n) is 7.54. The van der Waals surface area contributed by atoms with E-state index in [1.807, 2.05) is 0 Å². The second-order valence-electron chi connectivity index (χ2n) is 2.92. The van der Waals surface area contributed by atoms with Crippen LogP contribution in [0.2, 0.25) is 0 Å². The number of phenols is 1. The first-order chi connectivity index (χ1) is 7.18. The molecule has 2 rings (SSSR count). The van der Waals surface area contributed by atoms with Crippen molar-refractivity contribution in [3.05, 3.63) is 35.2 Å². The standard InChI is InChI=1S/C10H7NO3S/c12-9-5-6(10(13)14)1-2-7(9)8-3-4-15-11-8/h1-5,12H,(H,13,14). The molecule has 0 bridgehead atoms. The fraction of sp³-hybridized carbons (Fsp3) is 0. The lowest BCUT2D eigenvalue weighted by Crippen LogP contribution is -1.95. The highest BCUT2D eigenvalue weighted by atomic mass is 32.1. The fourth-order valence-corrected chi connectivity index (χ4v) is 1.76. The molecule has 0 atom stereocenters. The maximum atomic E-state index is 10.6. The topological polar surface area (TPSA) is 70.4 Å². The number of carboxylic acids is 1. The number of hydrogen-bond acceptors (Lipinski definition) is 4. The number of carboxylic acid groups (broad SMARTS) is 1. The average molecular weight is 221 g/mol. The minimum atomic E-state index is -1.06. The molecule has 2 aromatic rings. The Kier molecular flexibility index (Phi) is 2.39. The summed E-state index contributed by atoms with van der Waals surface area (Å²) in [6, 6.07) is 5.97. The molecule has 0 aliphatic rings. The Morgan fingerprint density at radius 2 is 2.13 bits per heavy atom. The molecule has 1 heterocycles. The molecule has 2 N–H and O–H groups in total. The van der Waals surface area contributed by atoms with Gasteiger partial charge in [0, 0.05) is 10.9 Å². The van der Waals surface area contributed by atoms with Crippen LogP contribution in [0.1, 0.15) is 10.4 Å². The first kappa shape index (κ1) is 9.67. The molecule has 1 aromatic heterocycles. The summed E-state index contributed by atoms with van der Waals surface area (Å²) in [5.74, 6) is -1.13. The summed E-state index contributed by atoms with van der Waals surface area (Å²) in [5.41, 5.74) is 1.25. The van der Waals surface area contributed by atoms with Gasteiger partial charge in [-0.25, -0.2) is 4.79 Å². The van der Waals surface area contributed by atoms with Crippen LogP contribution >= 0.6 is 11.5 Å². The van der Waals surface area contributed by atoms with E-state index in [-0.39, 0.29) is 11.3 Å². The van der Waals surface area contributed by atoms with Gasteiger partial charge in [-0.3, -0.25) is 0 Å². The molecule has 0 aliphatic heterocycles. The van der Waals surface area contributed by atoms with Crippen LogP contribution in [0.5, 0.6) is 5.75 Å². The molecule has 0 aliphatic carbocycles. The van der Waals surface area contributed by atoms with Crippen molar-refractivity contribution in [2.75, 3.05) is 0 Å². The molecular weight excluding hydrogens is 214 g/mol. The molecule has 0 radical (unpaired) electrons. The van der Waals surface area contributed by atoms with E-state index in [2.05, 4.69) is 4.37 Å². The van der Waals surface area contributed by atoms with Crippen LogP contribution < -0.4 is 0 Å². The highest BCUT2D eigenvalue weighted by Crippen LogP contribution is 2.29. The van der Waals surface area contributed by atoms with E-state index >= 15 is 0 Å². The summed E-state index contributed by atoms with van der Waals surface area (Å²) in [4.78, 5) is 10.6. The largest absolute Gasteiger partial charge is 0.507 e. The van der Waals surface area contributed by atoms with Crippen molar-refractivity contribution < 1.29 is 15.0 Å². The molecule has 1 aromatic carbocycles. The van der Waals surface area contributed by atoms with E-state index in [4.69, 9.17) is 5.11 Å². The third-order valence-corrected chi connectivity index (χ3v) is 2.52. The Morgan fingerprint density at radius 3 is 2.67 bits per heavy atom. The van der Waals surface area contributed by atoms with Crippen molar-refractivity contribution in [3.63, 3.8) is 0 Å². The van der Waals surface area contributed by atoms with Gasteiger partial charge in [-0.2, -0.15) is 4.37 Å². The molecule has 15 heavy (non-hydrogen) atoms. The van der Waals surface area contributed by atoms with E-state index in [0.717, 1.165) is 0 Å². The minimum absolute atomic E-state index is 0.0616. The summed E-state index contributed by atoms with van der Waals surface area (Å²) in [6.07, 6.45) is 0. The summed E-state index contributed by atoms with van der Waals surface area (Å²) in [7, 11) is 0. The Morgan fingerprint density at radius 1 is 1.33 bits per heavy atom. The van der Waals surface area contributed by atoms with Crippen LogP contribution in [0.3, 0.4) is 0 Å². The molecule has 0 saturated heterocycles. The molecule has 0 saturated carbocycles. The van der Waals surface area contributed by atoms with Crippen LogP contribution in [0, 0.1) is 0 Å². The zero-order chi connectivity index (χ0) is 10.8. The number of aromatic nitrogens is 1. The third kappa shape index (κ3) is 1.82. The van der Waals surface area contributed by atoms with Crippen molar-refractivity contribution in [1.82, 2.24) is 4.37 Å². The number of aromatic carboxylic acids is 1. The van der Waals surface area contributed by atoms with Crippen molar-refractivity contribution in [1.29, 1.82) is 0 Å². The maximum absolute atomic E-state index is 10.6. The van der Waals surface area contributed by atoms with Crippen LogP contribution in [-0.2, 0) is 0 Å². The molecule has 5 heteroatoms. The molecule has 0 fully saturated rings. The van der Waals surface area contributed by atoms with Crippen molar-refractivity contribution in [2.45, 2.75) is 0 Å². The molecular formula is C10H7NO3S. The number of carbonyl (C=O) groups is 1. The molecule has 76 valence electrons. The van der Waals surface area contributed by atoms with Gasteiger partial charge in [0.05, 0.1) is 11.3 Å². The Labute approximate surface area is 89.6 Å². The van der Waals surface area contributed by atoms with Gasteiger partial charge in [0.25, 0.3) is 0 Å². The summed E-state index contributed by atoms with van der Waals surface area (Å²) >= 11 is 1.28. The second kappa shape index (κ2) is 3.70. The Bertz CT molecular complexity index is 493. The van der Waals surface area contributed by atoms with Gasteiger partial charge >= 0.3 is 5.97 Å². The van der Waals surface area contributed by atoms with Crippen molar-refractivity contribution in [3.8, 4) is 17.0 Å². The quantitative estimate of drug-likeness (QED) is 0.815. The number of benzene rings is 1. The summed E-state index contributed by atoms with van der Waals surface area (Å²) in [5, 5.41) is 20.1. The summed E-state index contributed by atoms with van der Waals surface area (Å²) in [6.45, 7) is 0. The van der Waals surface area contributed by atoms with Crippen LogP contribution in [0.15, 0.2) is 29.6 Å². The molecule has 0 unspecified atom stereocenters. The van der Waals surface area contributed by atoms with E-state index in [1.54, 1.807) is 17.5 Å². The smallest absolute Gasteiger partial charge is 0.335 e. The molecule has 0 spiro atoms. The monoisotopic (exact) mass is 221 g/mol. The van der Waals surface area contributed by atoms with Gasteiger partial charge in [-0.1, -0.05) is 0 Å². The van der Waals surface area contributed by atoms with E-state index in [9.17, 15) is 9.90 Å². The van der Waals surface area contributed by atoms with E-state index in [0.29, 0.717) is 11.3 Å². The van der Waals surface area contributed by atoms with Gasteiger partial charge in [0.2, 0.25) is 0 Å². The predicted octanol–water partition coefficient (Wildman–Crippen LogP) is 2.21. The maximum Gasteiger partial charge on any atom is 0.335 e. The number of rotatable bonds is 2. The van der Waals surface area contributed by atoms with Crippen LogP contribution in [0.4, 0.5) is 0 Å². The SMILES string of the molecule is O=C(O)c1ccc(-c2ccsn2)c(O)c1. The van der Waals surface area contributed by atoms with E-state index in [1.165, 1.54) is 23.7 Å². The lowest BCUT2D eigenvalue weighted by atomic mass is 10.1. The number of nitrogens with zero attached hydrogens (tertiary/aromatic N) is 1. The van der Waals surface area contributed by atoms with Gasteiger partial charge in [-0.05, 0) is 35.8 Å². The number of aromatic hydroxyl groups is 1. The van der Waals surface area contributed by atoms with Gasteiger partial charge in [0.15, 0.2) is 0 Å². The Balaban J connectivity index is 2.48. The normalized spacial score (nSPS) is 10.1. The molecule has 4 nitrogen and oxygen atoms in total. The predicted molar refractivity (Wildman–Crippen MR) is 56.2 cm³/mol. The zero-order valence-corrected chi connectivity index (χ0v) is 8.36. The van der Waals surface area contributed by atoms with Crippen LogP contribution in [-0.4, -0.2) is 20.6 Å². The lowest BCUT2D eigenvalue weighted by Gasteiger charge is -2.02. The fourth-order valence-electron chi connectivity index (χ4n) is 1.23. The highest BCUT2D eigenvalue weighted by Gasteiger charge is 2.10. The third-order valence-electron chi connectivity index (χ3n) is 1.96. The first-order valence-electron chi connectivity index (χ1n) is 4.15. The summed E-state index contributed by atoms with van der Waals surface area (Å²) < 4.78 is 4.06. The minimum Gasteiger partial charge on any atom is -0.507 e. The first-order valence-corrected chi connectivity index (χ1v) is 4.99. The highest BCUT2D eigenvalue weighted by molar-refractivity contribution is 7.03. The van der Waals surface area contributed by atoms with Crippen LogP contribution in [0.25, 0.3) is 11.3 Å². The van der Waals surface area contributed by atoms with E-state index < -0.39 is 5.97 Å². The Hall–Kier alpha value is -1.88. The lowest BCUT2D eigenvalue weighted by molar-refractivity contribution is 0.0696. The number of phenolic OH excluding ortho intramolecular Hbond substituents is 1. The van der Waals surface area contributed by atoms with Crippen molar-refractivity contribution in [2.24, 2.45) is 0 Å². The average Bonchev–Trinajstić information content (AvgIpc) is 2.70. The molecule has 0 amide bonds. The van der Waals surface area contributed by atoms with Crippen molar-refractivity contribution >= 4 is 17.5 Å². The van der Waals surface area contributed by atoms with Gasteiger partial charge in [0.1, 0.15) is 5.75 Å². The second-order valence-corrected chi connectivity index (χ2v) is 3.59.